The Hall–Kier alpha value is -1.74. The number of hydrogen-bond donors (Lipinski definition) is 1. The van der Waals surface area contributed by atoms with Crippen LogP contribution in [0.25, 0.3) is 6.08 Å². The van der Waals surface area contributed by atoms with Gasteiger partial charge in [0.25, 0.3) is 0 Å². The molecule has 3 heteroatoms. The fraction of sp³-hybridized carbons (Fsp3) is 0.421. The van der Waals surface area contributed by atoms with Crippen molar-refractivity contribution >= 4 is 11.9 Å². The monoisotopic (exact) mass is 300 g/mol. The lowest BCUT2D eigenvalue weighted by atomic mass is 9.61. The molecule has 1 aromatic rings. The normalized spacial score (nSPS) is 30.6. The van der Waals surface area contributed by atoms with Crippen LogP contribution in [-0.4, -0.2) is 17.0 Å². The Balaban J connectivity index is 2.03. The summed E-state index contributed by atoms with van der Waals surface area (Å²) >= 11 is 0. The number of fused-ring (bicyclic) bond motifs is 1. The lowest BCUT2D eigenvalue weighted by Crippen LogP contribution is -2.42. The Kier molecular flexibility index (Phi) is 3.77. The van der Waals surface area contributed by atoms with Crippen molar-refractivity contribution in [1.82, 2.24) is 0 Å². The number of aliphatic hydroxyl groups excluding tert-OH is 1. The lowest BCUT2D eigenvalue weighted by Gasteiger charge is -2.45. The minimum Gasteiger partial charge on any atom is -0.392 e. The molecule has 2 nitrogen and oxygen atoms in total. The predicted molar refractivity (Wildman–Crippen MR) is 84.7 cm³/mol. The first-order valence-corrected chi connectivity index (χ1v) is 7.81. The van der Waals surface area contributed by atoms with Gasteiger partial charge in [0.1, 0.15) is 5.82 Å². The number of carbonyl (C=O) groups excluding carboxylic acids is 1. The van der Waals surface area contributed by atoms with Gasteiger partial charge < -0.3 is 5.11 Å². The van der Waals surface area contributed by atoms with Crippen LogP contribution in [0.1, 0.15) is 45.1 Å². The molecule has 0 aromatic heterocycles. The van der Waals surface area contributed by atoms with Crippen molar-refractivity contribution in [2.75, 3.05) is 0 Å². The highest BCUT2D eigenvalue weighted by molar-refractivity contribution is 6.12. The van der Waals surface area contributed by atoms with Crippen LogP contribution in [0.2, 0.25) is 0 Å². The summed E-state index contributed by atoms with van der Waals surface area (Å²) in [5, 5.41) is 10.5. The van der Waals surface area contributed by atoms with Gasteiger partial charge in [0.15, 0.2) is 5.78 Å². The summed E-state index contributed by atoms with van der Waals surface area (Å²) in [5.41, 5.74) is 3.07. The molecule has 0 aliphatic heterocycles. The minimum atomic E-state index is -0.407. The topological polar surface area (TPSA) is 37.3 Å². The van der Waals surface area contributed by atoms with E-state index in [9.17, 15) is 14.3 Å². The number of aliphatic hydroxyl groups is 1. The van der Waals surface area contributed by atoms with Crippen molar-refractivity contribution in [1.29, 1.82) is 0 Å². The first-order chi connectivity index (χ1) is 10.4. The first-order valence-electron chi connectivity index (χ1n) is 7.81. The molecule has 3 rings (SSSR count). The van der Waals surface area contributed by atoms with E-state index in [4.69, 9.17) is 0 Å². The second kappa shape index (κ2) is 5.47. The van der Waals surface area contributed by atoms with Crippen LogP contribution in [0.4, 0.5) is 4.39 Å². The number of hydrogen-bond acceptors (Lipinski definition) is 2. The van der Waals surface area contributed by atoms with Gasteiger partial charge in [0.2, 0.25) is 0 Å². The molecule has 0 spiro atoms. The van der Waals surface area contributed by atoms with Gasteiger partial charge in [0, 0.05) is 11.0 Å². The van der Waals surface area contributed by atoms with Crippen LogP contribution in [0.5, 0.6) is 0 Å². The second-order valence-electron chi connectivity index (χ2n) is 6.66. The van der Waals surface area contributed by atoms with Gasteiger partial charge in [-0.3, -0.25) is 4.79 Å². The van der Waals surface area contributed by atoms with Gasteiger partial charge in [-0.25, -0.2) is 4.39 Å². The molecular weight excluding hydrogens is 279 g/mol. The van der Waals surface area contributed by atoms with Crippen molar-refractivity contribution in [3.05, 3.63) is 52.4 Å². The average Bonchev–Trinajstić information content (AvgIpc) is 2.49. The molecule has 2 aliphatic rings. The summed E-state index contributed by atoms with van der Waals surface area (Å²) in [6.45, 7) is 3.92. The summed E-state index contributed by atoms with van der Waals surface area (Å²) in [6, 6.07) is 6.13. The van der Waals surface area contributed by atoms with Crippen LogP contribution < -0.4 is 0 Å². The second-order valence-corrected chi connectivity index (χ2v) is 6.66. The van der Waals surface area contributed by atoms with Gasteiger partial charge in [-0.05, 0) is 62.0 Å². The number of Topliss-reactive ketones (excluding diaryl/α,β-unsaturated/α-hetero) is 1. The molecule has 0 radical (unpaired) electrons. The summed E-state index contributed by atoms with van der Waals surface area (Å²) < 4.78 is 13.0. The molecule has 0 amide bonds. The summed E-state index contributed by atoms with van der Waals surface area (Å²) in [7, 11) is 0. The minimum absolute atomic E-state index is 0.0610. The zero-order chi connectivity index (χ0) is 15.9. The summed E-state index contributed by atoms with van der Waals surface area (Å²) in [5.74, 6) is -0.226. The molecule has 0 bridgehead atoms. The van der Waals surface area contributed by atoms with Gasteiger partial charge in [-0.15, -0.1) is 0 Å². The number of rotatable bonds is 1. The molecule has 2 aliphatic carbocycles. The van der Waals surface area contributed by atoms with Crippen LogP contribution in [-0.2, 0) is 4.79 Å². The van der Waals surface area contributed by atoms with Gasteiger partial charge >= 0.3 is 0 Å². The molecule has 0 saturated heterocycles. The van der Waals surface area contributed by atoms with Crippen LogP contribution in [0.15, 0.2) is 41.0 Å². The third-order valence-corrected chi connectivity index (χ3v) is 5.18. The number of benzene rings is 1. The highest BCUT2D eigenvalue weighted by Gasteiger charge is 2.45. The van der Waals surface area contributed by atoms with Crippen molar-refractivity contribution in [3.63, 3.8) is 0 Å². The summed E-state index contributed by atoms with van der Waals surface area (Å²) in [6.07, 6.45) is 4.59. The quantitative estimate of drug-likeness (QED) is 0.794. The van der Waals surface area contributed by atoms with Crippen LogP contribution in [0, 0.1) is 11.2 Å². The molecule has 22 heavy (non-hydrogen) atoms. The first kappa shape index (κ1) is 15.2. The molecular formula is C19H21FO2. The van der Waals surface area contributed by atoms with Crippen LogP contribution >= 0.6 is 0 Å². The molecule has 1 aromatic carbocycles. The van der Waals surface area contributed by atoms with E-state index in [-0.39, 0.29) is 17.0 Å². The Labute approximate surface area is 130 Å². The molecule has 2 atom stereocenters. The van der Waals surface area contributed by atoms with E-state index in [1.165, 1.54) is 12.1 Å². The van der Waals surface area contributed by atoms with E-state index in [0.29, 0.717) is 12.0 Å². The van der Waals surface area contributed by atoms with E-state index in [0.717, 1.165) is 36.0 Å². The van der Waals surface area contributed by atoms with E-state index >= 15 is 0 Å². The Morgan fingerprint density at radius 3 is 2.68 bits per heavy atom. The predicted octanol–water partition coefficient (Wildman–Crippen LogP) is 4.05. The van der Waals surface area contributed by atoms with E-state index < -0.39 is 6.10 Å². The maximum absolute atomic E-state index is 13.0. The molecule has 0 unspecified atom stereocenters. The van der Waals surface area contributed by atoms with Crippen molar-refractivity contribution < 1.29 is 14.3 Å². The van der Waals surface area contributed by atoms with E-state index in [2.05, 4.69) is 6.92 Å². The van der Waals surface area contributed by atoms with Crippen molar-refractivity contribution in [2.24, 2.45) is 5.41 Å². The third-order valence-electron chi connectivity index (χ3n) is 5.18. The smallest absolute Gasteiger partial charge is 0.184 e. The Morgan fingerprint density at radius 1 is 1.32 bits per heavy atom. The third kappa shape index (κ3) is 2.44. The van der Waals surface area contributed by atoms with Crippen molar-refractivity contribution in [2.45, 2.75) is 45.6 Å². The van der Waals surface area contributed by atoms with E-state index in [1.807, 2.05) is 13.0 Å². The number of ketones is 1. The Bertz CT molecular complexity index is 669. The highest BCUT2D eigenvalue weighted by atomic mass is 19.1. The molecule has 1 saturated carbocycles. The maximum atomic E-state index is 13.0. The fourth-order valence-electron chi connectivity index (χ4n) is 3.85. The molecule has 1 N–H and O–H groups in total. The highest BCUT2D eigenvalue weighted by Crippen LogP contribution is 2.50. The standard InChI is InChI=1S/C19H21FO2/c1-12-16-4-3-5-17(21)19(16,2)11-14(18(12)22)10-13-6-8-15(20)9-7-13/h6-10,17,21H,3-5,11H2,1-2H3/t17-,19-/m0/s1. The maximum Gasteiger partial charge on any atom is 0.184 e. The number of allylic oxidation sites excluding steroid dienone is 2. The molecule has 1 fully saturated rings. The van der Waals surface area contributed by atoms with Gasteiger partial charge in [0.05, 0.1) is 6.10 Å². The van der Waals surface area contributed by atoms with Crippen molar-refractivity contribution in [3.8, 4) is 0 Å². The zero-order valence-corrected chi connectivity index (χ0v) is 13.0. The van der Waals surface area contributed by atoms with Crippen LogP contribution in [0.3, 0.4) is 0 Å². The largest absolute Gasteiger partial charge is 0.392 e. The summed E-state index contributed by atoms with van der Waals surface area (Å²) in [4.78, 5) is 12.6. The van der Waals surface area contributed by atoms with Gasteiger partial charge in [-0.2, -0.15) is 0 Å². The lowest BCUT2D eigenvalue weighted by molar-refractivity contribution is -0.113. The molecule has 0 heterocycles. The SMILES string of the molecule is CC1=C2CCC[C@H](O)[C@@]2(C)CC(=Cc2ccc(F)cc2)C1=O. The van der Waals surface area contributed by atoms with E-state index in [1.54, 1.807) is 12.1 Å². The Morgan fingerprint density at radius 2 is 2.00 bits per heavy atom. The fourth-order valence-corrected chi connectivity index (χ4v) is 3.85. The number of halogens is 1. The molecule has 116 valence electrons. The zero-order valence-electron chi connectivity index (χ0n) is 13.0. The van der Waals surface area contributed by atoms with Gasteiger partial charge in [-0.1, -0.05) is 24.6 Å². The number of carbonyl (C=O) groups is 1. The average molecular weight is 300 g/mol.